The minimum Gasteiger partial charge on any atom is -0.320 e. The summed E-state index contributed by atoms with van der Waals surface area (Å²) in [5, 5.41) is 0.812. The Bertz CT molecular complexity index is 597. The van der Waals surface area contributed by atoms with Crippen molar-refractivity contribution in [3.63, 3.8) is 0 Å². The maximum absolute atomic E-state index is 5.34. The first-order valence-corrected chi connectivity index (χ1v) is 6.97. The van der Waals surface area contributed by atoms with E-state index >= 15 is 0 Å². The van der Waals surface area contributed by atoms with Crippen LogP contribution in [0.3, 0.4) is 0 Å². The van der Waals surface area contributed by atoms with Crippen LogP contribution in [0.25, 0.3) is 0 Å². The van der Waals surface area contributed by atoms with Gasteiger partial charge in [0.2, 0.25) is 0 Å². The molecule has 1 heterocycles. The Labute approximate surface area is 117 Å². The molecule has 0 amide bonds. The molecule has 96 valence electrons. The van der Waals surface area contributed by atoms with Crippen LogP contribution in [0.1, 0.15) is 16.8 Å². The van der Waals surface area contributed by atoms with Gasteiger partial charge in [0.1, 0.15) is 0 Å². The van der Waals surface area contributed by atoms with Crippen molar-refractivity contribution in [1.29, 1.82) is 0 Å². The summed E-state index contributed by atoms with van der Waals surface area (Å²) in [6.07, 6.45) is 1.79. The second kappa shape index (κ2) is 6.93. The van der Waals surface area contributed by atoms with E-state index in [1.165, 1.54) is 5.56 Å². The first-order valence-electron chi connectivity index (χ1n) is 5.98. The van der Waals surface area contributed by atoms with Crippen molar-refractivity contribution in [2.45, 2.75) is 17.8 Å². The molecule has 3 nitrogen and oxygen atoms in total. The van der Waals surface area contributed by atoms with Crippen LogP contribution >= 0.6 is 11.8 Å². The molecule has 0 fully saturated rings. The Morgan fingerprint density at radius 1 is 1.21 bits per heavy atom. The molecule has 1 aromatic carbocycles. The first kappa shape index (κ1) is 13.6. The number of hydrogen-bond donors (Lipinski definition) is 1. The Morgan fingerprint density at radius 2 is 2.00 bits per heavy atom. The van der Waals surface area contributed by atoms with Crippen LogP contribution < -0.4 is 5.73 Å². The van der Waals surface area contributed by atoms with Crippen LogP contribution in [-0.2, 0) is 5.75 Å². The molecule has 4 heteroatoms. The lowest BCUT2D eigenvalue weighted by Gasteiger charge is -2.01. The van der Waals surface area contributed by atoms with E-state index in [-0.39, 0.29) is 0 Å². The van der Waals surface area contributed by atoms with Gasteiger partial charge in [0.15, 0.2) is 5.16 Å². The molecule has 0 bridgehead atoms. The number of aryl methyl sites for hydroxylation is 1. The van der Waals surface area contributed by atoms with Crippen molar-refractivity contribution in [3.8, 4) is 11.8 Å². The molecule has 0 saturated heterocycles. The normalized spacial score (nSPS) is 9.79. The minimum atomic E-state index is 0.391. The van der Waals surface area contributed by atoms with Crippen molar-refractivity contribution in [1.82, 2.24) is 9.97 Å². The zero-order valence-electron chi connectivity index (χ0n) is 10.8. The predicted molar refractivity (Wildman–Crippen MR) is 78.7 cm³/mol. The van der Waals surface area contributed by atoms with Gasteiger partial charge in [-0.1, -0.05) is 35.7 Å². The lowest BCUT2D eigenvalue weighted by molar-refractivity contribution is 0.932. The van der Waals surface area contributed by atoms with Crippen LogP contribution in [0.5, 0.6) is 0 Å². The highest BCUT2D eigenvalue weighted by molar-refractivity contribution is 7.98. The Kier molecular flexibility index (Phi) is 4.96. The van der Waals surface area contributed by atoms with Crippen LogP contribution in [0, 0.1) is 18.8 Å². The molecule has 0 radical (unpaired) electrons. The zero-order chi connectivity index (χ0) is 13.5. The third-order valence-corrected chi connectivity index (χ3v) is 3.36. The highest BCUT2D eigenvalue weighted by Gasteiger charge is 1.99. The van der Waals surface area contributed by atoms with E-state index in [4.69, 9.17) is 5.73 Å². The summed E-state index contributed by atoms with van der Waals surface area (Å²) in [6.45, 7) is 2.36. The average Bonchev–Trinajstić information content (AvgIpc) is 2.44. The molecular weight excluding hydrogens is 254 g/mol. The van der Waals surface area contributed by atoms with Gasteiger partial charge in [-0.25, -0.2) is 9.97 Å². The number of nitrogens with two attached hydrogens (primary N) is 1. The van der Waals surface area contributed by atoms with Crippen LogP contribution in [0.4, 0.5) is 0 Å². The van der Waals surface area contributed by atoms with Gasteiger partial charge in [-0.3, -0.25) is 0 Å². The van der Waals surface area contributed by atoms with E-state index in [1.807, 2.05) is 25.1 Å². The van der Waals surface area contributed by atoms with Crippen LogP contribution in [0.15, 0.2) is 41.7 Å². The number of nitrogens with zero attached hydrogens (tertiary/aromatic N) is 2. The first-order chi connectivity index (χ1) is 9.28. The van der Waals surface area contributed by atoms with Gasteiger partial charge in [-0.15, -0.1) is 0 Å². The molecule has 19 heavy (non-hydrogen) atoms. The minimum absolute atomic E-state index is 0.391. The number of hydrogen-bond acceptors (Lipinski definition) is 4. The molecule has 0 aliphatic rings. The molecule has 1 aromatic heterocycles. The summed E-state index contributed by atoms with van der Waals surface area (Å²) in [7, 11) is 0. The second-order valence-electron chi connectivity index (χ2n) is 3.97. The van der Waals surface area contributed by atoms with Gasteiger partial charge in [-0.05, 0) is 30.7 Å². The lowest BCUT2D eigenvalue weighted by atomic mass is 10.1. The van der Waals surface area contributed by atoms with Gasteiger partial charge in [0.05, 0.1) is 6.54 Å². The van der Waals surface area contributed by atoms with E-state index in [0.717, 1.165) is 22.2 Å². The molecular formula is C15H15N3S. The lowest BCUT2D eigenvalue weighted by Crippen LogP contribution is -1.93. The van der Waals surface area contributed by atoms with Crippen molar-refractivity contribution in [2.24, 2.45) is 5.73 Å². The van der Waals surface area contributed by atoms with E-state index in [1.54, 1.807) is 18.0 Å². The summed E-state index contributed by atoms with van der Waals surface area (Å²) in [5.74, 6) is 6.70. The molecule has 0 saturated carbocycles. The summed E-state index contributed by atoms with van der Waals surface area (Å²) in [4.78, 5) is 8.59. The highest BCUT2D eigenvalue weighted by Crippen LogP contribution is 2.19. The maximum atomic E-state index is 5.34. The molecule has 0 spiro atoms. The quantitative estimate of drug-likeness (QED) is 0.528. The van der Waals surface area contributed by atoms with Gasteiger partial charge in [-0.2, -0.15) is 0 Å². The average molecular weight is 269 g/mol. The Balaban J connectivity index is 1.96. The van der Waals surface area contributed by atoms with Gasteiger partial charge >= 0.3 is 0 Å². The monoisotopic (exact) mass is 269 g/mol. The van der Waals surface area contributed by atoms with Gasteiger partial charge < -0.3 is 5.73 Å². The summed E-state index contributed by atoms with van der Waals surface area (Å²) < 4.78 is 0. The predicted octanol–water partition coefficient (Wildman–Crippen LogP) is 2.39. The summed E-state index contributed by atoms with van der Waals surface area (Å²) in [5.41, 5.74) is 8.55. The molecule has 2 aromatic rings. The summed E-state index contributed by atoms with van der Waals surface area (Å²) in [6, 6.07) is 10.1. The fraction of sp³-hybridized carbons (Fsp3) is 0.200. The van der Waals surface area contributed by atoms with E-state index in [0.29, 0.717) is 6.54 Å². The third-order valence-electron chi connectivity index (χ3n) is 2.43. The maximum Gasteiger partial charge on any atom is 0.188 e. The number of benzene rings is 1. The van der Waals surface area contributed by atoms with Crippen LogP contribution in [-0.4, -0.2) is 16.5 Å². The van der Waals surface area contributed by atoms with E-state index < -0.39 is 0 Å². The van der Waals surface area contributed by atoms with Gasteiger partial charge in [0, 0.05) is 23.2 Å². The van der Waals surface area contributed by atoms with E-state index in [9.17, 15) is 0 Å². The fourth-order valence-corrected chi connectivity index (χ4v) is 2.31. The van der Waals surface area contributed by atoms with Crippen molar-refractivity contribution < 1.29 is 0 Å². The molecule has 2 N–H and O–H groups in total. The largest absolute Gasteiger partial charge is 0.320 e. The zero-order valence-corrected chi connectivity index (χ0v) is 11.6. The smallest absolute Gasteiger partial charge is 0.188 e. The third kappa shape index (κ3) is 4.40. The molecule has 0 aliphatic carbocycles. The molecule has 2 rings (SSSR count). The van der Waals surface area contributed by atoms with E-state index in [2.05, 4.69) is 33.9 Å². The topological polar surface area (TPSA) is 51.8 Å². The molecule has 0 aliphatic heterocycles. The molecule has 0 atom stereocenters. The highest BCUT2D eigenvalue weighted by atomic mass is 32.2. The molecule has 0 unspecified atom stereocenters. The second-order valence-corrected chi connectivity index (χ2v) is 4.91. The van der Waals surface area contributed by atoms with Gasteiger partial charge in [0.25, 0.3) is 0 Å². The number of rotatable bonds is 3. The number of thioether (sulfide) groups is 1. The van der Waals surface area contributed by atoms with Crippen molar-refractivity contribution in [3.05, 3.63) is 53.3 Å². The van der Waals surface area contributed by atoms with Crippen molar-refractivity contribution >= 4 is 11.8 Å². The van der Waals surface area contributed by atoms with Crippen molar-refractivity contribution in [2.75, 3.05) is 6.54 Å². The summed E-state index contributed by atoms with van der Waals surface area (Å²) >= 11 is 1.63. The fourth-order valence-electron chi connectivity index (χ4n) is 1.48. The van der Waals surface area contributed by atoms with Crippen LogP contribution in [0.2, 0.25) is 0 Å². The Hall–Kier alpha value is -1.83. The SMILES string of the molecule is Cc1ccnc(SCc2ccc(C#CCN)cc2)n1. The number of aromatic nitrogens is 2. The standard InChI is InChI=1S/C15H15N3S/c1-12-8-10-17-15(18-12)19-11-14-6-4-13(5-7-14)3-2-9-16/h4-8,10H,9,11,16H2,1H3. The Morgan fingerprint density at radius 3 is 2.68 bits per heavy atom.